The average molecular weight is 826 g/mol. The zero-order chi connectivity index (χ0) is 42.8. The molecule has 0 saturated carbocycles. The Hall–Kier alpha value is -1.71. The van der Waals surface area contributed by atoms with E-state index in [0.717, 1.165) is 38.5 Å². The van der Waals surface area contributed by atoms with E-state index < -0.39 is 24.3 Å². The molecule has 0 heterocycles. The van der Waals surface area contributed by atoms with Crippen molar-refractivity contribution >= 4 is 17.9 Å². The van der Waals surface area contributed by atoms with Gasteiger partial charge >= 0.3 is 11.9 Å². The molecule has 0 spiro atoms. The highest BCUT2D eigenvalue weighted by Gasteiger charge is 2.22. The number of esters is 2. The summed E-state index contributed by atoms with van der Waals surface area (Å²) in [6, 6.07) is 0. The molecule has 0 aliphatic carbocycles. The van der Waals surface area contributed by atoms with Crippen LogP contribution in [0.1, 0.15) is 239 Å². The van der Waals surface area contributed by atoms with Crippen LogP contribution >= 0.6 is 0 Å². The number of carboxylic acid groups (broad SMARTS) is 1. The Bertz CT molecular complexity index is 923. The maximum absolute atomic E-state index is 12.8. The minimum Gasteiger partial charge on any atom is -0.545 e. The fourth-order valence-corrected chi connectivity index (χ4v) is 7.24. The number of carbonyl (C=O) groups excluding carboxylic acids is 3. The first-order valence-electron chi connectivity index (χ1n) is 24.7. The first-order valence-corrected chi connectivity index (χ1v) is 24.7. The van der Waals surface area contributed by atoms with Gasteiger partial charge in [-0.05, 0) is 12.8 Å². The number of quaternary nitrogens is 1. The summed E-state index contributed by atoms with van der Waals surface area (Å²) >= 11 is 0. The van der Waals surface area contributed by atoms with Crippen molar-refractivity contribution < 1.29 is 42.9 Å². The monoisotopic (exact) mass is 826 g/mol. The molecule has 0 fully saturated rings. The predicted molar refractivity (Wildman–Crippen MR) is 237 cm³/mol. The van der Waals surface area contributed by atoms with Crippen LogP contribution in [0.15, 0.2) is 0 Å². The third-order valence-corrected chi connectivity index (χ3v) is 11.1. The van der Waals surface area contributed by atoms with Crippen LogP contribution in [0.4, 0.5) is 0 Å². The molecule has 9 heteroatoms. The number of carboxylic acids is 1. The number of aliphatic carboxylic acids is 1. The topological polar surface area (TPSA) is 111 Å². The molecule has 0 aromatic rings. The molecule has 0 bridgehead atoms. The lowest BCUT2D eigenvalue weighted by molar-refractivity contribution is -0.870. The van der Waals surface area contributed by atoms with Gasteiger partial charge in [0.15, 0.2) is 12.4 Å². The van der Waals surface area contributed by atoms with Gasteiger partial charge in [-0.3, -0.25) is 9.59 Å². The van der Waals surface area contributed by atoms with E-state index in [-0.39, 0.29) is 32.2 Å². The maximum Gasteiger partial charge on any atom is 0.306 e. The van der Waals surface area contributed by atoms with Crippen molar-refractivity contribution in [2.45, 2.75) is 251 Å². The number of hydrogen-bond donors (Lipinski definition) is 0. The molecule has 0 aliphatic heterocycles. The SMILES string of the molecule is CCCCCCCCCCCCCCCCCCCC(=O)OC(COC(=O)CCCCCCCCCCCCCCCCCC)COC(OCC[N+](C)(C)C)C(=O)[O-]. The molecular formula is C49H95NO8. The lowest BCUT2D eigenvalue weighted by atomic mass is 10.0. The molecule has 0 radical (unpaired) electrons. The van der Waals surface area contributed by atoms with Gasteiger partial charge in [0, 0.05) is 12.8 Å². The van der Waals surface area contributed by atoms with Crippen molar-refractivity contribution in [2.24, 2.45) is 0 Å². The molecule has 2 unspecified atom stereocenters. The summed E-state index contributed by atoms with van der Waals surface area (Å²) in [4.78, 5) is 37.1. The minimum atomic E-state index is -1.61. The second-order valence-corrected chi connectivity index (χ2v) is 18.1. The molecule has 0 aliphatic rings. The van der Waals surface area contributed by atoms with Crippen molar-refractivity contribution in [1.29, 1.82) is 0 Å². The van der Waals surface area contributed by atoms with Crippen LogP contribution in [0.5, 0.6) is 0 Å². The summed E-state index contributed by atoms with van der Waals surface area (Å²) in [7, 11) is 5.92. The molecule has 0 N–H and O–H groups in total. The first kappa shape index (κ1) is 56.3. The standard InChI is InChI=1S/C49H95NO8/c1-6-8-10-12-14-16-18-20-22-24-26-28-30-32-34-36-38-40-47(52)58-45(44-57-49(48(53)54)55-42-41-50(3,4)5)43-56-46(51)39-37-35-33-31-29-27-25-23-21-19-17-15-13-11-9-7-2/h45,49H,6-44H2,1-5H3. The van der Waals surface area contributed by atoms with Crippen LogP contribution in [-0.2, 0) is 33.3 Å². The second kappa shape index (κ2) is 42.0. The van der Waals surface area contributed by atoms with Gasteiger partial charge in [-0.2, -0.15) is 0 Å². The van der Waals surface area contributed by atoms with Crippen LogP contribution in [0.3, 0.4) is 0 Å². The Balaban J connectivity index is 4.33. The Labute approximate surface area is 358 Å². The second-order valence-electron chi connectivity index (χ2n) is 18.1. The smallest absolute Gasteiger partial charge is 0.306 e. The molecule has 58 heavy (non-hydrogen) atoms. The summed E-state index contributed by atoms with van der Waals surface area (Å²) in [5.41, 5.74) is 0. The van der Waals surface area contributed by atoms with Gasteiger partial charge in [-0.25, -0.2) is 0 Å². The Morgan fingerprint density at radius 2 is 0.776 bits per heavy atom. The van der Waals surface area contributed by atoms with E-state index in [0.29, 0.717) is 17.4 Å². The molecule has 344 valence electrons. The third-order valence-electron chi connectivity index (χ3n) is 11.1. The predicted octanol–water partition coefficient (Wildman–Crippen LogP) is 12.0. The number of ether oxygens (including phenoxy) is 4. The van der Waals surface area contributed by atoms with Crippen molar-refractivity contribution in [3.63, 3.8) is 0 Å². The summed E-state index contributed by atoms with van der Waals surface area (Å²) in [5.74, 6) is -2.26. The molecule has 0 aromatic carbocycles. The molecular weight excluding hydrogens is 731 g/mol. The van der Waals surface area contributed by atoms with Crippen LogP contribution in [0, 0.1) is 0 Å². The fraction of sp³-hybridized carbons (Fsp3) is 0.939. The summed E-state index contributed by atoms with van der Waals surface area (Å²) in [5, 5.41) is 11.7. The lowest BCUT2D eigenvalue weighted by Gasteiger charge is -2.26. The summed E-state index contributed by atoms with van der Waals surface area (Å²) < 4.78 is 22.6. The molecule has 9 nitrogen and oxygen atoms in total. The Morgan fingerprint density at radius 3 is 1.10 bits per heavy atom. The number of unbranched alkanes of at least 4 members (excludes halogenated alkanes) is 31. The van der Waals surface area contributed by atoms with Gasteiger partial charge in [0.05, 0.1) is 40.3 Å². The van der Waals surface area contributed by atoms with Gasteiger partial charge < -0.3 is 33.3 Å². The zero-order valence-corrected chi connectivity index (χ0v) is 38.9. The molecule has 0 saturated heterocycles. The van der Waals surface area contributed by atoms with Crippen LogP contribution in [0.2, 0.25) is 0 Å². The summed E-state index contributed by atoms with van der Waals surface area (Å²) in [6.07, 6.45) is 39.8. The van der Waals surface area contributed by atoms with E-state index in [1.165, 1.54) is 173 Å². The first-order chi connectivity index (χ1) is 28.1. The molecule has 0 aromatic heterocycles. The van der Waals surface area contributed by atoms with Crippen molar-refractivity contribution in [2.75, 3.05) is 47.5 Å². The van der Waals surface area contributed by atoms with E-state index in [4.69, 9.17) is 18.9 Å². The number of nitrogens with zero attached hydrogens (tertiary/aromatic N) is 1. The highest BCUT2D eigenvalue weighted by Crippen LogP contribution is 2.17. The quantitative estimate of drug-likeness (QED) is 0.0258. The van der Waals surface area contributed by atoms with Crippen molar-refractivity contribution in [3.05, 3.63) is 0 Å². The van der Waals surface area contributed by atoms with Gasteiger partial charge in [-0.1, -0.05) is 213 Å². The van der Waals surface area contributed by atoms with Crippen LogP contribution < -0.4 is 5.11 Å². The third kappa shape index (κ3) is 42.4. The van der Waals surface area contributed by atoms with Gasteiger partial charge in [0.1, 0.15) is 13.2 Å². The largest absolute Gasteiger partial charge is 0.545 e. The van der Waals surface area contributed by atoms with E-state index in [9.17, 15) is 19.5 Å². The fourth-order valence-electron chi connectivity index (χ4n) is 7.24. The Morgan fingerprint density at radius 1 is 0.448 bits per heavy atom. The zero-order valence-electron chi connectivity index (χ0n) is 38.9. The normalized spacial score (nSPS) is 12.8. The van der Waals surface area contributed by atoms with E-state index in [1.54, 1.807) is 0 Å². The highest BCUT2D eigenvalue weighted by molar-refractivity contribution is 5.70. The highest BCUT2D eigenvalue weighted by atomic mass is 16.7. The van der Waals surface area contributed by atoms with Crippen LogP contribution in [-0.4, -0.2) is 82.3 Å². The van der Waals surface area contributed by atoms with E-state index >= 15 is 0 Å². The van der Waals surface area contributed by atoms with Gasteiger partial charge in [-0.15, -0.1) is 0 Å². The van der Waals surface area contributed by atoms with Crippen LogP contribution in [0.25, 0.3) is 0 Å². The Kier molecular flexibility index (Phi) is 40.8. The van der Waals surface area contributed by atoms with Crippen molar-refractivity contribution in [1.82, 2.24) is 0 Å². The lowest BCUT2D eigenvalue weighted by Crippen LogP contribution is -2.44. The number of likely N-dealkylation sites (N-methyl/N-ethyl adjacent to an activating group) is 1. The van der Waals surface area contributed by atoms with Gasteiger partial charge in [0.2, 0.25) is 0 Å². The number of rotatable bonds is 46. The number of hydrogen-bond acceptors (Lipinski definition) is 8. The van der Waals surface area contributed by atoms with Crippen molar-refractivity contribution in [3.8, 4) is 0 Å². The van der Waals surface area contributed by atoms with E-state index in [1.807, 2.05) is 21.1 Å². The molecule has 0 amide bonds. The van der Waals surface area contributed by atoms with E-state index in [2.05, 4.69) is 13.8 Å². The maximum atomic E-state index is 12.8. The van der Waals surface area contributed by atoms with Gasteiger partial charge in [0.25, 0.3) is 0 Å². The molecule has 0 rings (SSSR count). The number of carbonyl (C=O) groups is 3. The molecule has 2 atom stereocenters. The minimum absolute atomic E-state index is 0.153. The summed E-state index contributed by atoms with van der Waals surface area (Å²) in [6.45, 7) is 4.79. The average Bonchev–Trinajstić information content (AvgIpc) is 3.18.